The van der Waals surface area contributed by atoms with Gasteiger partial charge < -0.3 is 15.3 Å². The number of likely N-dealkylation sites (tertiary alicyclic amines) is 1. The average molecular weight is 282 g/mol. The summed E-state index contributed by atoms with van der Waals surface area (Å²) in [4.78, 5) is 25.3. The number of nitrogens with zero attached hydrogens (tertiary/aromatic N) is 1. The number of hydrogen-bond acceptors (Lipinski definition) is 2. The summed E-state index contributed by atoms with van der Waals surface area (Å²) in [6, 6.07) is -0.657. The average Bonchev–Trinajstić information content (AvgIpc) is 3.23. The molecular weight excluding hydrogens is 256 g/mol. The topological polar surface area (TPSA) is 69.6 Å². The Bertz CT molecular complexity index is 355. The molecule has 0 aromatic rings. The van der Waals surface area contributed by atoms with Gasteiger partial charge in [-0.1, -0.05) is 32.6 Å². The first kappa shape index (κ1) is 15.1. The molecule has 2 fully saturated rings. The molecule has 114 valence electrons. The molecule has 2 amide bonds. The van der Waals surface area contributed by atoms with Crippen LogP contribution in [0.25, 0.3) is 0 Å². The van der Waals surface area contributed by atoms with Crippen molar-refractivity contribution in [2.75, 3.05) is 6.54 Å². The summed E-state index contributed by atoms with van der Waals surface area (Å²) in [5.41, 5.74) is 0. The van der Waals surface area contributed by atoms with Crippen LogP contribution in [0.15, 0.2) is 0 Å². The van der Waals surface area contributed by atoms with E-state index in [1.807, 2.05) is 0 Å². The standard InChI is InChI=1S/C15H26N2O3/c1-2-12(10-11-7-8-11)16-15(20)17-9-5-3-4-6-13(17)14(18)19/h11-13H,2-10H2,1H3,(H,16,20)(H,18,19). The Morgan fingerprint density at radius 1 is 1.25 bits per heavy atom. The summed E-state index contributed by atoms with van der Waals surface area (Å²) >= 11 is 0. The summed E-state index contributed by atoms with van der Waals surface area (Å²) < 4.78 is 0. The summed E-state index contributed by atoms with van der Waals surface area (Å²) in [5.74, 6) is -0.114. The number of carboxylic acid groups (broad SMARTS) is 1. The van der Waals surface area contributed by atoms with E-state index in [0.717, 1.165) is 38.0 Å². The van der Waals surface area contributed by atoms with Crippen LogP contribution in [0, 0.1) is 5.92 Å². The third kappa shape index (κ3) is 4.12. The van der Waals surface area contributed by atoms with E-state index >= 15 is 0 Å². The maximum atomic E-state index is 12.4. The molecule has 0 aromatic heterocycles. The molecule has 5 heteroatoms. The molecule has 5 nitrogen and oxygen atoms in total. The van der Waals surface area contributed by atoms with Crippen molar-refractivity contribution in [2.45, 2.75) is 70.4 Å². The number of aliphatic carboxylic acids is 1. The van der Waals surface area contributed by atoms with Gasteiger partial charge in [-0.2, -0.15) is 0 Å². The summed E-state index contributed by atoms with van der Waals surface area (Å²) in [7, 11) is 0. The first-order valence-electron chi connectivity index (χ1n) is 7.91. The zero-order valence-corrected chi connectivity index (χ0v) is 12.3. The van der Waals surface area contributed by atoms with Gasteiger partial charge in [0.15, 0.2) is 0 Å². The van der Waals surface area contributed by atoms with Gasteiger partial charge in [-0.15, -0.1) is 0 Å². The number of rotatable bonds is 5. The van der Waals surface area contributed by atoms with Gasteiger partial charge >= 0.3 is 12.0 Å². The predicted octanol–water partition coefficient (Wildman–Crippen LogP) is 2.60. The lowest BCUT2D eigenvalue weighted by Crippen LogP contribution is -2.51. The van der Waals surface area contributed by atoms with Gasteiger partial charge in [0.25, 0.3) is 0 Å². The van der Waals surface area contributed by atoms with Gasteiger partial charge in [0.05, 0.1) is 0 Å². The van der Waals surface area contributed by atoms with Gasteiger partial charge in [-0.05, 0) is 31.6 Å². The number of carbonyl (C=O) groups is 2. The molecule has 2 N–H and O–H groups in total. The van der Waals surface area contributed by atoms with E-state index in [0.29, 0.717) is 13.0 Å². The highest BCUT2D eigenvalue weighted by Gasteiger charge is 2.32. The van der Waals surface area contributed by atoms with Crippen LogP contribution in [0.1, 0.15) is 58.3 Å². The molecule has 0 aromatic carbocycles. The van der Waals surface area contributed by atoms with Crippen molar-refractivity contribution in [1.82, 2.24) is 10.2 Å². The van der Waals surface area contributed by atoms with Gasteiger partial charge in [0.2, 0.25) is 0 Å². The third-order valence-corrected chi connectivity index (χ3v) is 4.43. The maximum absolute atomic E-state index is 12.4. The molecule has 0 spiro atoms. The van der Waals surface area contributed by atoms with Crippen LogP contribution in [0.5, 0.6) is 0 Å². The van der Waals surface area contributed by atoms with E-state index in [4.69, 9.17) is 0 Å². The fourth-order valence-corrected chi connectivity index (χ4v) is 2.95. The van der Waals surface area contributed by atoms with Crippen molar-refractivity contribution in [3.05, 3.63) is 0 Å². The van der Waals surface area contributed by atoms with Crippen molar-refractivity contribution >= 4 is 12.0 Å². The second-order valence-corrected chi connectivity index (χ2v) is 6.13. The number of hydrogen-bond donors (Lipinski definition) is 2. The van der Waals surface area contributed by atoms with Crippen molar-refractivity contribution in [3.63, 3.8) is 0 Å². The minimum absolute atomic E-state index is 0.188. The monoisotopic (exact) mass is 282 g/mol. The molecule has 1 heterocycles. The Morgan fingerprint density at radius 2 is 2.00 bits per heavy atom. The molecule has 2 aliphatic rings. The Balaban J connectivity index is 1.94. The number of nitrogens with one attached hydrogen (secondary N) is 1. The largest absolute Gasteiger partial charge is 0.480 e. The smallest absolute Gasteiger partial charge is 0.326 e. The molecule has 20 heavy (non-hydrogen) atoms. The van der Waals surface area contributed by atoms with Crippen LogP contribution in [-0.4, -0.2) is 40.6 Å². The van der Waals surface area contributed by atoms with Crippen LogP contribution in [0.2, 0.25) is 0 Å². The maximum Gasteiger partial charge on any atom is 0.326 e. The quantitative estimate of drug-likeness (QED) is 0.814. The van der Waals surface area contributed by atoms with E-state index in [1.54, 1.807) is 0 Å². The van der Waals surface area contributed by atoms with Gasteiger partial charge in [0, 0.05) is 12.6 Å². The van der Waals surface area contributed by atoms with Crippen molar-refractivity contribution < 1.29 is 14.7 Å². The van der Waals surface area contributed by atoms with Crippen LogP contribution >= 0.6 is 0 Å². The molecule has 0 radical (unpaired) electrons. The number of carboxylic acids is 1. The van der Waals surface area contributed by atoms with Crippen molar-refractivity contribution in [1.29, 1.82) is 0 Å². The zero-order valence-electron chi connectivity index (χ0n) is 12.3. The molecule has 1 saturated heterocycles. The fourth-order valence-electron chi connectivity index (χ4n) is 2.95. The van der Waals surface area contributed by atoms with Crippen LogP contribution in [0.4, 0.5) is 4.79 Å². The van der Waals surface area contributed by atoms with Gasteiger partial charge in [-0.3, -0.25) is 0 Å². The highest BCUT2D eigenvalue weighted by molar-refractivity contribution is 5.82. The van der Waals surface area contributed by atoms with Crippen molar-refractivity contribution in [2.24, 2.45) is 5.92 Å². The van der Waals surface area contributed by atoms with Gasteiger partial charge in [-0.25, -0.2) is 9.59 Å². The Kier molecular flexibility index (Phi) is 5.26. The second kappa shape index (κ2) is 6.95. The molecule has 2 rings (SSSR count). The Labute approximate surface area is 120 Å². The van der Waals surface area contributed by atoms with E-state index in [1.165, 1.54) is 17.7 Å². The first-order chi connectivity index (χ1) is 9.61. The lowest BCUT2D eigenvalue weighted by molar-refractivity contribution is -0.142. The molecule has 0 bridgehead atoms. The van der Waals surface area contributed by atoms with Crippen LogP contribution < -0.4 is 5.32 Å². The minimum atomic E-state index is -0.878. The Morgan fingerprint density at radius 3 is 2.60 bits per heavy atom. The van der Waals surface area contributed by atoms with Crippen LogP contribution in [-0.2, 0) is 4.79 Å². The Hall–Kier alpha value is -1.26. The predicted molar refractivity (Wildman–Crippen MR) is 76.5 cm³/mol. The van der Waals surface area contributed by atoms with Gasteiger partial charge in [0.1, 0.15) is 6.04 Å². The van der Waals surface area contributed by atoms with E-state index < -0.39 is 12.0 Å². The molecule has 2 unspecified atom stereocenters. The molecule has 1 saturated carbocycles. The summed E-state index contributed by atoms with van der Waals surface area (Å²) in [5, 5.41) is 12.4. The molecule has 1 aliphatic heterocycles. The molecule has 2 atom stereocenters. The third-order valence-electron chi connectivity index (χ3n) is 4.43. The SMILES string of the molecule is CCC(CC1CC1)NC(=O)N1CCCCCC1C(=O)O. The molecule has 1 aliphatic carbocycles. The van der Waals surface area contributed by atoms with E-state index in [9.17, 15) is 14.7 Å². The van der Waals surface area contributed by atoms with Crippen LogP contribution in [0.3, 0.4) is 0 Å². The zero-order chi connectivity index (χ0) is 14.5. The minimum Gasteiger partial charge on any atom is -0.480 e. The number of carbonyl (C=O) groups excluding carboxylic acids is 1. The highest BCUT2D eigenvalue weighted by Crippen LogP contribution is 2.34. The lowest BCUT2D eigenvalue weighted by Gasteiger charge is -2.29. The van der Waals surface area contributed by atoms with Crippen molar-refractivity contribution in [3.8, 4) is 0 Å². The summed E-state index contributed by atoms with van der Waals surface area (Å²) in [6.45, 7) is 2.63. The van der Waals surface area contributed by atoms with E-state index in [-0.39, 0.29) is 12.1 Å². The summed E-state index contributed by atoms with van der Waals surface area (Å²) in [6.07, 6.45) is 7.86. The number of amides is 2. The number of urea groups is 1. The van der Waals surface area contributed by atoms with E-state index in [2.05, 4.69) is 12.2 Å². The second-order valence-electron chi connectivity index (χ2n) is 6.13. The fraction of sp³-hybridized carbons (Fsp3) is 0.867. The lowest BCUT2D eigenvalue weighted by atomic mass is 10.1. The first-order valence-corrected chi connectivity index (χ1v) is 7.91. The highest BCUT2D eigenvalue weighted by atomic mass is 16.4. The normalized spacial score (nSPS) is 24.9. The molecular formula is C15H26N2O3.